The summed E-state index contributed by atoms with van der Waals surface area (Å²) in [5, 5.41) is 0.508. The van der Waals surface area contributed by atoms with Gasteiger partial charge in [0.05, 0.1) is 23.4 Å². The predicted molar refractivity (Wildman–Crippen MR) is 60.4 cm³/mol. The lowest BCUT2D eigenvalue weighted by molar-refractivity contribution is 0.112. The minimum atomic E-state index is 0.471. The number of aldehydes is 1. The van der Waals surface area contributed by atoms with E-state index in [1.807, 2.05) is 13.1 Å². The molecule has 0 N–H and O–H groups in total. The standard InChI is InChI=1S/C11H12ClNO2/c1-13-4-3-7-5-9(12)11(15-2)8(6-14)10(7)13/h5-6H,3-4H2,1-2H3. The molecule has 0 saturated heterocycles. The lowest BCUT2D eigenvalue weighted by atomic mass is 10.1. The van der Waals surface area contributed by atoms with Crippen molar-refractivity contribution in [1.82, 2.24) is 0 Å². The molecule has 0 bridgehead atoms. The highest BCUT2D eigenvalue weighted by atomic mass is 35.5. The molecular weight excluding hydrogens is 214 g/mol. The maximum atomic E-state index is 11.1. The maximum Gasteiger partial charge on any atom is 0.155 e. The Morgan fingerprint density at radius 1 is 1.60 bits per heavy atom. The third-order valence-electron chi connectivity index (χ3n) is 2.74. The van der Waals surface area contributed by atoms with Crippen LogP contribution in [-0.4, -0.2) is 27.0 Å². The average Bonchev–Trinajstić information content (AvgIpc) is 2.58. The molecule has 1 aromatic carbocycles. The molecule has 0 atom stereocenters. The number of hydrogen-bond acceptors (Lipinski definition) is 3. The average molecular weight is 226 g/mol. The van der Waals surface area contributed by atoms with Crippen molar-refractivity contribution in [2.45, 2.75) is 6.42 Å². The molecule has 0 amide bonds. The minimum absolute atomic E-state index is 0.471. The number of benzene rings is 1. The molecule has 1 aromatic rings. The van der Waals surface area contributed by atoms with Crippen LogP contribution in [0, 0.1) is 0 Å². The number of halogens is 1. The Morgan fingerprint density at radius 3 is 2.93 bits per heavy atom. The monoisotopic (exact) mass is 225 g/mol. The molecule has 1 heterocycles. The zero-order valence-electron chi connectivity index (χ0n) is 8.71. The van der Waals surface area contributed by atoms with Gasteiger partial charge in [0, 0.05) is 13.6 Å². The first-order valence-electron chi connectivity index (χ1n) is 4.74. The molecule has 2 rings (SSSR count). The van der Waals surface area contributed by atoms with Gasteiger partial charge in [-0.05, 0) is 18.1 Å². The molecule has 0 fully saturated rings. The third kappa shape index (κ3) is 1.47. The third-order valence-corrected chi connectivity index (χ3v) is 3.02. The second kappa shape index (κ2) is 3.74. The Balaban J connectivity index is 2.71. The first-order chi connectivity index (χ1) is 7.19. The van der Waals surface area contributed by atoms with Gasteiger partial charge in [-0.3, -0.25) is 4.79 Å². The van der Waals surface area contributed by atoms with Crippen molar-refractivity contribution < 1.29 is 9.53 Å². The van der Waals surface area contributed by atoms with Crippen LogP contribution >= 0.6 is 11.6 Å². The van der Waals surface area contributed by atoms with Gasteiger partial charge in [-0.2, -0.15) is 0 Å². The van der Waals surface area contributed by atoms with Crippen LogP contribution < -0.4 is 9.64 Å². The molecule has 0 aromatic heterocycles. The Hall–Kier alpha value is -1.22. The number of methoxy groups -OCH3 is 1. The fourth-order valence-electron chi connectivity index (χ4n) is 2.05. The number of anilines is 1. The van der Waals surface area contributed by atoms with Crippen molar-refractivity contribution in [3.63, 3.8) is 0 Å². The van der Waals surface area contributed by atoms with Crippen molar-refractivity contribution in [3.8, 4) is 5.75 Å². The Bertz CT molecular complexity index is 418. The van der Waals surface area contributed by atoms with Gasteiger partial charge in [0.2, 0.25) is 0 Å². The van der Waals surface area contributed by atoms with Crippen LogP contribution in [0.2, 0.25) is 5.02 Å². The number of fused-ring (bicyclic) bond motifs is 1. The summed E-state index contributed by atoms with van der Waals surface area (Å²) in [6.45, 7) is 0.916. The largest absolute Gasteiger partial charge is 0.494 e. The van der Waals surface area contributed by atoms with Gasteiger partial charge in [0.1, 0.15) is 5.75 Å². The predicted octanol–water partition coefficient (Wildman–Crippen LogP) is 2.15. The molecule has 0 saturated carbocycles. The number of nitrogens with zero attached hydrogens (tertiary/aromatic N) is 1. The van der Waals surface area contributed by atoms with Gasteiger partial charge in [0.15, 0.2) is 6.29 Å². The summed E-state index contributed by atoms with van der Waals surface area (Å²) >= 11 is 6.04. The van der Waals surface area contributed by atoms with Crippen LogP contribution in [0.15, 0.2) is 6.07 Å². The maximum absolute atomic E-state index is 11.1. The second-order valence-electron chi connectivity index (χ2n) is 3.60. The fraction of sp³-hybridized carbons (Fsp3) is 0.364. The highest BCUT2D eigenvalue weighted by Crippen LogP contribution is 2.40. The van der Waals surface area contributed by atoms with Crippen molar-refractivity contribution in [2.75, 3.05) is 25.6 Å². The highest BCUT2D eigenvalue weighted by Gasteiger charge is 2.24. The van der Waals surface area contributed by atoms with E-state index in [1.165, 1.54) is 7.11 Å². The molecular formula is C11H12ClNO2. The quantitative estimate of drug-likeness (QED) is 0.723. The number of carbonyl (C=O) groups excluding carboxylic acids is 1. The van der Waals surface area contributed by atoms with Gasteiger partial charge in [-0.15, -0.1) is 0 Å². The SMILES string of the molecule is COc1c(Cl)cc2c(c1C=O)N(C)CC2. The van der Waals surface area contributed by atoms with E-state index < -0.39 is 0 Å². The summed E-state index contributed by atoms with van der Waals surface area (Å²) in [6.07, 6.45) is 1.74. The van der Waals surface area contributed by atoms with Crippen molar-refractivity contribution in [2.24, 2.45) is 0 Å². The lowest BCUT2D eigenvalue weighted by Crippen LogP contribution is -2.14. The molecule has 0 unspecified atom stereocenters. The van der Waals surface area contributed by atoms with Crippen LogP contribution in [-0.2, 0) is 6.42 Å². The highest BCUT2D eigenvalue weighted by molar-refractivity contribution is 6.33. The Labute approximate surface area is 93.6 Å². The molecule has 4 heteroatoms. The lowest BCUT2D eigenvalue weighted by Gasteiger charge is -2.17. The molecule has 1 aliphatic rings. The van der Waals surface area contributed by atoms with E-state index in [2.05, 4.69) is 4.90 Å². The number of carbonyl (C=O) groups is 1. The summed E-state index contributed by atoms with van der Waals surface area (Å²) in [6, 6.07) is 1.88. The van der Waals surface area contributed by atoms with Gasteiger partial charge in [-0.25, -0.2) is 0 Å². The van der Waals surface area contributed by atoms with Crippen LogP contribution in [0.5, 0.6) is 5.75 Å². The number of hydrogen-bond donors (Lipinski definition) is 0. The fourth-order valence-corrected chi connectivity index (χ4v) is 2.36. The summed E-state index contributed by atoms with van der Waals surface area (Å²) < 4.78 is 5.15. The Kier molecular flexibility index (Phi) is 2.57. The van der Waals surface area contributed by atoms with E-state index in [1.54, 1.807) is 0 Å². The first-order valence-corrected chi connectivity index (χ1v) is 5.12. The molecule has 15 heavy (non-hydrogen) atoms. The smallest absolute Gasteiger partial charge is 0.155 e. The van der Waals surface area contributed by atoms with Gasteiger partial charge in [0.25, 0.3) is 0 Å². The minimum Gasteiger partial charge on any atom is -0.494 e. The first kappa shape index (κ1) is 10.3. The number of ether oxygens (including phenoxy) is 1. The van der Waals surface area contributed by atoms with E-state index in [4.69, 9.17) is 16.3 Å². The number of rotatable bonds is 2. The molecule has 0 radical (unpaired) electrons. The van der Waals surface area contributed by atoms with Crippen molar-refractivity contribution in [1.29, 1.82) is 0 Å². The summed E-state index contributed by atoms with van der Waals surface area (Å²) in [5.41, 5.74) is 2.62. The van der Waals surface area contributed by atoms with Crippen molar-refractivity contribution in [3.05, 3.63) is 22.2 Å². The second-order valence-corrected chi connectivity index (χ2v) is 4.01. The van der Waals surface area contributed by atoms with E-state index in [0.717, 1.165) is 30.5 Å². The van der Waals surface area contributed by atoms with Gasteiger partial charge < -0.3 is 9.64 Å². The molecule has 80 valence electrons. The zero-order valence-corrected chi connectivity index (χ0v) is 9.47. The summed E-state index contributed by atoms with van der Waals surface area (Å²) in [4.78, 5) is 13.1. The molecule has 0 aliphatic carbocycles. The van der Waals surface area contributed by atoms with Crippen LogP contribution in [0.3, 0.4) is 0 Å². The molecule has 0 spiro atoms. The van der Waals surface area contributed by atoms with E-state index in [-0.39, 0.29) is 0 Å². The molecule has 3 nitrogen and oxygen atoms in total. The topological polar surface area (TPSA) is 29.5 Å². The Morgan fingerprint density at radius 2 is 2.33 bits per heavy atom. The van der Waals surface area contributed by atoms with Crippen LogP contribution in [0.1, 0.15) is 15.9 Å². The van der Waals surface area contributed by atoms with E-state index >= 15 is 0 Å². The van der Waals surface area contributed by atoms with E-state index in [9.17, 15) is 4.79 Å². The normalized spacial score (nSPS) is 13.9. The summed E-state index contributed by atoms with van der Waals surface area (Å²) in [7, 11) is 3.49. The van der Waals surface area contributed by atoms with Crippen LogP contribution in [0.25, 0.3) is 0 Å². The zero-order chi connectivity index (χ0) is 11.0. The number of likely N-dealkylation sites (N-methyl/N-ethyl adjacent to an activating group) is 1. The van der Waals surface area contributed by atoms with E-state index in [0.29, 0.717) is 16.3 Å². The van der Waals surface area contributed by atoms with Gasteiger partial charge >= 0.3 is 0 Å². The van der Waals surface area contributed by atoms with Crippen LogP contribution in [0.4, 0.5) is 5.69 Å². The van der Waals surface area contributed by atoms with Crippen molar-refractivity contribution >= 4 is 23.6 Å². The summed E-state index contributed by atoms with van der Waals surface area (Å²) in [5.74, 6) is 0.471. The molecule has 1 aliphatic heterocycles. The van der Waals surface area contributed by atoms with Gasteiger partial charge in [-0.1, -0.05) is 11.6 Å².